The topological polar surface area (TPSA) is 0 Å². The molecule has 5 heteroatoms. The van der Waals surface area contributed by atoms with Gasteiger partial charge in [-0.05, 0) is 0 Å². The molecule has 0 aliphatic carbocycles. The Labute approximate surface area is 133 Å². The molecule has 0 aromatic rings. The van der Waals surface area contributed by atoms with Gasteiger partial charge in [0.05, 0.1) is 0 Å². The van der Waals surface area contributed by atoms with E-state index in [9.17, 15) is 0 Å². The van der Waals surface area contributed by atoms with Crippen LogP contribution in [0.3, 0.4) is 0 Å². The molecule has 0 aromatic heterocycles. The summed E-state index contributed by atoms with van der Waals surface area (Å²) in [6.45, 7) is 0. The molecular formula is HILiNaScTm. The summed E-state index contributed by atoms with van der Waals surface area (Å²) in [7, 11) is 0. The molecule has 0 atom stereocenters. The summed E-state index contributed by atoms with van der Waals surface area (Å²) in [5, 5.41) is 0. The van der Waals surface area contributed by atoms with Crippen molar-refractivity contribution in [2.75, 3.05) is 0 Å². The van der Waals surface area contributed by atoms with Gasteiger partial charge >= 0.3 is 48.4 Å². The smallest absolute Gasteiger partial charge is 1.00 e. The van der Waals surface area contributed by atoms with Gasteiger partial charge in [0.2, 0.25) is 0 Å². The molecule has 5 heavy (non-hydrogen) atoms. The van der Waals surface area contributed by atoms with Crippen LogP contribution in [0.5, 0.6) is 0 Å². The Kier molecular flexibility index (Phi) is 162. The van der Waals surface area contributed by atoms with E-state index in [2.05, 4.69) is 0 Å². The molecule has 0 amide bonds. The van der Waals surface area contributed by atoms with Gasteiger partial charge in [-0.15, -0.1) is 0 Å². The van der Waals surface area contributed by atoms with Crippen LogP contribution < -0.4 is 72.4 Å². The largest absolute Gasteiger partial charge is 1.00 e. The normalized spacial score (nSPS) is 0. The monoisotopic (exact) mass is 372 g/mol. The predicted molar refractivity (Wildman–Crippen MR) is 1.11 cm³/mol. The Balaban J connectivity index is 0. The van der Waals surface area contributed by atoms with Gasteiger partial charge in [-0.2, -0.15) is 0 Å². The van der Waals surface area contributed by atoms with E-state index in [1.165, 1.54) is 0 Å². The summed E-state index contributed by atoms with van der Waals surface area (Å²) in [6, 6.07) is 0. The van der Waals surface area contributed by atoms with E-state index in [0.717, 1.165) is 0 Å². The minimum Gasteiger partial charge on any atom is -1.00 e. The Hall–Kier alpha value is 4.43. The first-order chi connectivity index (χ1) is 0. The van der Waals surface area contributed by atoms with E-state index in [1.54, 1.807) is 0 Å². The minimum atomic E-state index is 0. The van der Waals surface area contributed by atoms with Crippen molar-refractivity contribution in [1.82, 2.24) is 0 Å². The maximum atomic E-state index is 0. The Bertz CT molecular complexity index is 15.5. The quantitative estimate of drug-likeness (QED) is 0.293. The first kappa shape index (κ1) is 34.1. The zero-order valence-electron chi connectivity index (χ0n) is 4.23. The van der Waals surface area contributed by atoms with Crippen LogP contribution in [-0.4, -0.2) is 0 Å². The molecule has 0 aromatic carbocycles. The third-order valence-electron chi connectivity index (χ3n) is 0. The van der Waals surface area contributed by atoms with E-state index in [0.29, 0.717) is 0 Å². The van der Waals surface area contributed by atoms with E-state index >= 15 is 0 Å². The second-order valence-electron chi connectivity index (χ2n) is 0. The number of halogens is 1. The molecule has 0 rings (SSSR count). The van der Waals surface area contributed by atoms with Crippen molar-refractivity contribution < 1.29 is 137 Å². The van der Waals surface area contributed by atoms with Crippen LogP contribution in [-0.2, 0) is 25.8 Å². The van der Waals surface area contributed by atoms with Crippen LogP contribution in [0.2, 0.25) is 0 Å². The Morgan fingerprint density at radius 2 is 1.20 bits per heavy atom. The number of hydrogen-bond donors (Lipinski definition) is 0. The van der Waals surface area contributed by atoms with E-state index in [4.69, 9.17) is 0 Å². The average molecular weight is 372 g/mol. The van der Waals surface area contributed by atoms with Gasteiger partial charge in [0.15, 0.2) is 0 Å². The molecule has 0 nitrogen and oxygen atoms in total. The van der Waals surface area contributed by atoms with Crippen molar-refractivity contribution in [2.24, 2.45) is 0 Å². The summed E-state index contributed by atoms with van der Waals surface area (Å²) < 4.78 is 0. The molecule has 0 fully saturated rings. The third-order valence-corrected chi connectivity index (χ3v) is 0. The van der Waals surface area contributed by atoms with E-state index in [1.807, 2.05) is 0 Å². The van der Waals surface area contributed by atoms with Crippen molar-refractivity contribution in [3.8, 4) is 0 Å². The Morgan fingerprint density at radius 1 is 1.20 bits per heavy atom. The average Bonchev–Trinajstić information content (AvgIpc) is 0. The Morgan fingerprint density at radius 3 is 1.20 bits per heavy atom. The van der Waals surface area contributed by atoms with Crippen molar-refractivity contribution in [1.29, 1.82) is 0 Å². The summed E-state index contributed by atoms with van der Waals surface area (Å²) in [4.78, 5) is 0. The molecule has 0 unspecified atom stereocenters. The van der Waals surface area contributed by atoms with Gasteiger partial charge in [-0.1, -0.05) is 0 Å². The fraction of sp³-hybridized carbons (Fsp3) is 0. The number of rotatable bonds is 0. The first-order valence-electron chi connectivity index (χ1n) is 0. The fourth-order valence-corrected chi connectivity index (χ4v) is 0. The van der Waals surface area contributed by atoms with Crippen LogP contribution >= 0.6 is 0 Å². The molecule has 0 aliphatic heterocycles. The molecule has 0 saturated heterocycles. The molecule has 0 bridgehead atoms. The van der Waals surface area contributed by atoms with Gasteiger partial charge in [0.1, 0.15) is 0 Å². The second-order valence-corrected chi connectivity index (χ2v) is 0. The fourth-order valence-electron chi connectivity index (χ4n) is 0. The molecular weight excluding hydrogens is 371 g/mol. The number of hydrogen-bond acceptors (Lipinski definition) is 0. The first-order valence-corrected chi connectivity index (χ1v) is 0. The molecule has 26 valence electrons. The van der Waals surface area contributed by atoms with Gasteiger partial charge in [-0.25, -0.2) is 0 Å². The maximum Gasteiger partial charge on any atom is 1.00 e. The summed E-state index contributed by atoms with van der Waals surface area (Å²) in [6.07, 6.45) is 0. The molecule has 0 aliphatic rings. The molecule has 0 spiro atoms. The molecule has 0 N–H and O–H groups in total. The third kappa shape index (κ3) is 17.8. The van der Waals surface area contributed by atoms with Gasteiger partial charge in [0, 0.05) is 62.7 Å². The van der Waals surface area contributed by atoms with Crippen LogP contribution in [0.1, 0.15) is 1.43 Å². The van der Waals surface area contributed by atoms with Crippen LogP contribution in [0.4, 0.5) is 0 Å². The van der Waals surface area contributed by atoms with Crippen LogP contribution in [0.15, 0.2) is 0 Å². The standard InChI is InChI=1S/HI.Li.Na.Sc.Tm.H/h1H;;;;;/q;2*+1;;;-1/p-1. The minimum absolute atomic E-state index is 0. The molecule has 2 radical (unpaired) electrons. The van der Waals surface area contributed by atoms with Crippen molar-refractivity contribution in [3.05, 3.63) is 0 Å². The zero-order chi connectivity index (χ0) is 0. The molecule has 0 heterocycles. The van der Waals surface area contributed by atoms with Crippen molar-refractivity contribution >= 4 is 0 Å². The van der Waals surface area contributed by atoms with Crippen molar-refractivity contribution in [2.45, 2.75) is 0 Å². The van der Waals surface area contributed by atoms with Crippen LogP contribution in [0, 0.1) is 36.9 Å². The van der Waals surface area contributed by atoms with E-state index < -0.39 is 0 Å². The zero-order valence-corrected chi connectivity index (χ0v) is 11.0. The SMILES string of the molecule is [H-].[I-].[Li+].[Na+].[Sc].[Tm]. The van der Waals surface area contributed by atoms with Gasteiger partial charge in [-0.3, -0.25) is 0 Å². The van der Waals surface area contributed by atoms with Crippen molar-refractivity contribution in [3.63, 3.8) is 0 Å². The molecule has 0 saturated carbocycles. The van der Waals surface area contributed by atoms with E-state index in [-0.39, 0.29) is 137 Å². The summed E-state index contributed by atoms with van der Waals surface area (Å²) >= 11 is 0. The summed E-state index contributed by atoms with van der Waals surface area (Å²) in [5.41, 5.74) is 0. The second kappa shape index (κ2) is 23.7. The maximum absolute atomic E-state index is 0. The van der Waals surface area contributed by atoms with Crippen LogP contribution in [0.25, 0.3) is 0 Å². The predicted octanol–water partition coefficient (Wildman–Crippen LogP) is -8.88. The van der Waals surface area contributed by atoms with Gasteiger partial charge in [0.25, 0.3) is 0 Å². The summed E-state index contributed by atoms with van der Waals surface area (Å²) in [5.74, 6) is 0. The van der Waals surface area contributed by atoms with Gasteiger partial charge < -0.3 is 25.4 Å².